The van der Waals surface area contributed by atoms with E-state index >= 15 is 0 Å². The van der Waals surface area contributed by atoms with Crippen molar-refractivity contribution < 1.29 is 9.20 Å². The van der Waals surface area contributed by atoms with E-state index in [9.17, 15) is 4.79 Å². The molecule has 4 nitrogen and oxygen atoms in total. The van der Waals surface area contributed by atoms with Crippen LogP contribution in [0.1, 0.15) is 25.1 Å². The third-order valence-corrected chi connectivity index (χ3v) is 2.00. The van der Waals surface area contributed by atoms with Crippen LogP contribution in [-0.2, 0) is 6.42 Å². The molecule has 0 aromatic carbocycles. The molecule has 4 heteroatoms. The van der Waals surface area contributed by atoms with Gasteiger partial charge in [-0.1, -0.05) is 4.68 Å². The maximum Gasteiger partial charge on any atom is 0.429 e. The molecule has 0 spiro atoms. The molecule has 10 heavy (non-hydrogen) atoms. The van der Waals surface area contributed by atoms with E-state index in [-0.39, 0.29) is 5.63 Å². The van der Waals surface area contributed by atoms with Gasteiger partial charge < -0.3 is 0 Å². The van der Waals surface area contributed by atoms with Gasteiger partial charge in [0.15, 0.2) is 6.04 Å². The Kier molecular flexibility index (Phi) is 0.977. The van der Waals surface area contributed by atoms with Crippen molar-refractivity contribution in [2.24, 2.45) is 0 Å². The van der Waals surface area contributed by atoms with Crippen molar-refractivity contribution in [1.29, 1.82) is 0 Å². The van der Waals surface area contributed by atoms with Crippen LogP contribution in [0.3, 0.4) is 0 Å². The van der Waals surface area contributed by atoms with Crippen LogP contribution >= 0.6 is 0 Å². The summed E-state index contributed by atoms with van der Waals surface area (Å²) in [4.78, 5) is 10.8. The van der Waals surface area contributed by atoms with Crippen LogP contribution in [0, 0.1) is 0 Å². The number of fused-ring (bicyclic) bond motifs is 1. The third kappa shape index (κ3) is 0.558. The van der Waals surface area contributed by atoms with Crippen LogP contribution in [-0.4, -0.2) is 5.27 Å². The average Bonchev–Trinajstić information content (AvgIpc) is 2.41. The highest BCUT2D eigenvalue weighted by molar-refractivity contribution is 4.86. The number of aromatic amines is 1. The second-order valence-corrected chi connectivity index (χ2v) is 2.69. The van der Waals surface area contributed by atoms with E-state index in [1.807, 2.05) is 0 Å². The summed E-state index contributed by atoms with van der Waals surface area (Å²) in [6.45, 7) is 2.06. The first-order valence-corrected chi connectivity index (χ1v) is 3.41. The lowest BCUT2D eigenvalue weighted by Crippen LogP contribution is -2.38. The molecule has 2 heterocycles. The molecule has 2 rings (SSSR count). The zero-order valence-electron chi connectivity index (χ0n) is 5.76. The maximum atomic E-state index is 10.8. The van der Waals surface area contributed by atoms with E-state index in [4.69, 9.17) is 0 Å². The Morgan fingerprint density at radius 3 is 3.30 bits per heavy atom. The van der Waals surface area contributed by atoms with Crippen LogP contribution in [0.25, 0.3) is 0 Å². The fourth-order valence-corrected chi connectivity index (χ4v) is 1.36. The summed E-state index contributed by atoms with van der Waals surface area (Å²) in [6, 6.07) is 0.390. The number of nitrogens with one attached hydrogen (secondary N) is 1. The summed E-state index contributed by atoms with van der Waals surface area (Å²) in [5, 5.41) is 2.56. The standard InChI is InChI=1S/C6H8N2O2/c1-4-2-3-5-6(9)10-7-8(4)5/h4H,2-3H2,1H3/p+1. The minimum Gasteiger partial charge on any atom is -0.283 e. The van der Waals surface area contributed by atoms with E-state index in [0.29, 0.717) is 6.04 Å². The normalized spacial score (nSPS) is 23.1. The van der Waals surface area contributed by atoms with Crippen molar-refractivity contribution >= 4 is 0 Å². The zero-order valence-corrected chi connectivity index (χ0v) is 5.76. The summed E-state index contributed by atoms with van der Waals surface area (Å²) in [7, 11) is 0. The SMILES string of the molecule is CC1CCc2c(=O)o[nH][n+]21. The second-order valence-electron chi connectivity index (χ2n) is 2.69. The smallest absolute Gasteiger partial charge is 0.283 e. The highest BCUT2D eigenvalue weighted by Gasteiger charge is 2.33. The fraction of sp³-hybridized carbons (Fsp3) is 0.667. The molecule has 1 unspecified atom stereocenters. The van der Waals surface area contributed by atoms with Gasteiger partial charge in [0.1, 0.15) is 0 Å². The minimum absolute atomic E-state index is 0.218. The Morgan fingerprint density at radius 2 is 2.60 bits per heavy atom. The van der Waals surface area contributed by atoms with Gasteiger partial charge in [0.2, 0.25) is 0 Å². The molecule has 54 valence electrons. The largest absolute Gasteiger partial charge is 0.429 e. The van der Waals surface area contributed by atoms with Gasteiger partial charge in [0, 0.05) is 19.8 Å². The van der Waals surface area contributed by atoms with Gasteiger partial charge in [-0.15, -0.1) is 0 Å². The van der Waals surface area contributed by atoms with Gasteiger partial charge in [0.25, 0.3) is 5.69 Å². The molecular weight excluding hydrogens is 132 g/mol. The highest BCUT2D eigenvalue weighted by Crippen LogP contribution is 2.11. The van der Waals surface area contributed by atoms with Crippen LogP contribution in [0.4, 0.5) is 0 Å². The molecule has 1 aliphatic heterocycles. The van der Waals surface area contributed by atoms with Crippen molar-refractivity contribution in [3.63, 3.8) is 0 Å². The first-order chi connectivity index (χ1) is 4.79. The van der Waals surface area contributed by atoms with E-state index in [0.717, 1.165) is 18.5 Å². The predicted octanol–water partition coefficient (Wildman–Crippen LogP) is -0.237. The molecule has 1 N–H and O–H groups in total. The Morgan fingerprint density at radius 1 is 1.80 bits per heavy atom. The third-order valence-electron chi connectivity index (χ3n) is 2.00. The molecule has 0 fully saturated rings. The van der Waals surface area contributed by atoms with Crippen LogP contribution < -0.4 is 10.3 Å². The lowest BCUT2D eigenvalue weighted by atomic mass is 10.2. The van der Waals surface area contributed by atoms with Gasteiger partial charge in [-0.2, -0.15) is 0 Å². The van der Waals surface area contributed by atoms with Gasteiger partial charge in [-0.05, 0) is 5.27 Å². The van der Waals surface area contributed by atoms with Crippen molar-refractivity contribution in [1.82, 2.24) is 5.27 Å². The van der Waals surface area contributed by atoms with Crippen molar-refractivity contribution in [2.75, 3.05) is 0 Å². The number of hydrogen-bond donors (Lipinski definition) is 1. The van der Waals surface area contributed by atoms with Crippen molar-refractivity contribution in [3.8, 4) is 0 Å². The molecule has 0 bridgehead atoms. The molecule has 1 aromatic heterocycles. The van der Waals surface area contributed by atoms with E-state index < -0.39 is 0 Å². The van der Waals surface area contributed by atoms with E-state index in [2.05, 4.69) is 16.7 Å². The molecule has 0 radical (unpaired) electrons. The molecule has 1 atom stereocenters. The summed E-state index contributed by atoms with van der Waals surface area (Å²) in [5.74, 6) is 0. The van der Waals surface area contributed by atoms with Gasteiger partial charge in [0.05, 0.1) is 0 Å². The summed E-state index contributed by atoms with van der Waals surface area (Å²) < 4.78 is 6.38. The van der Waals surface area contributed by atoms with E-state index in [1.54, 1.807) is 4.68 Å². The number of hydrogen-bond acceptors (Lipinski definition) is 2. The van der Waals surface area contributed by atoms with Crippen LogP contribution in [0.15, 0.2) is 9.32 Å². The Balaban J connectivity index is 2.63. The highest BCUT2D eigenvalue weighted by atomic mass is 16.5. The van der Waals surface area contributed by atoms with Crippen LogP contribution in [0.2, 0.25) is 0 Å². The fourth-order valence-electron chi connectivity index (χ4n) is 1.36. The zero-order chi connectivity index (χ0) is 7.14. The van der Waals surface area contributed by atoms with Gasteiger partial charge in [-0.25, -0.2) is 4.79 Å². The molecule has 0 saturated heterocycles. The lowest BCUT2D eigenvalue weighted by molar-refractivity contribution is -0.776. The molecule has 1 aliphatic rings. The first kappa shape index (κ1) is 5.70. The topological polar surface area (TPSA) is 49.9 Å². The number of aromatic nitrogens is 2. The molecule has 0 amide bonds. The van der Waals surface area contributed by atoms with E-state index in [1.165, 1.54) is 0 Å². The van der Waals surface area contributed by atoms with Crippen molar-refractivity contribution in [2.45, 2.75) is 25.8 Å². The summed E-state index contributed by atoms with van der Waals surface area (Å²) in [6.07, 6.45) is 1.88. The van der Waals surface area contributed by atoms with Gasteiger partial charge in [-0.3, -0.25) is 4.52 Å². The Bertz CT molecular complexity index is 299. The second kappa shape index (κ2) is 1.71. The monoisotopic (exact) mass is 141 g/mol. The average molecular weight is 141 g/mol. The summed E-state index contributed by atoms with van der Waals surface area (Å²) >= 11 is 0. The quantitative estimate of drug-likeness (QED) is 0.507. The first-order valence-electron chi connectivity index (χ1n) is 3.41. The molecule has 0 saturated carbocycles. The van der Waals surface area contributed by atoms with Gasteiger partial charge >= 0.3 is 5.63 Å². The summed E-state index contributed by atoms with van der Waals surface area (Å²) in [5.41, 5.74) is 0.553. The minimum atomic E-state index is -0.218. The Hall–Kier alpha value is -1.06. The molecular formula is C6H9N2O2+. The van der Waals surface area contributed by atoms with Crippen molar-refractivity contribution in [3.05, 3.63) is 16.1 Å². The molecule has 0 aliphatic carbocycles. The molecule has 1 aromatic rings. The Labute approximate surface area is 57.4 Å². The number of nitrogens with zero attached hydrogens (tertiary/aromatic N) is 1. The van der Waals surface area contributed by atoms with Crippen LogP contribution in [0.5, 0.6) is 0 Å². The lowest BCUT2D eigenvalue weighted by Gasteiger charge is -1.88. The maximum absolute atomic E-state index is 10.8. The predicted molar refractivity (Wildman–Crippen MR) is 32.6 cm³/mol. The number of rotatable bonds is 0. The number of H-pyrrole nitrogens is 1.